The zero-order chi connectivity index (χ0) is 14.9. The molecule has 2 aromatic carbocycles. The summed E-state index contributed by atoms with van der Waals surface area (Å²) in [6.07, 6.45) is 1.51. The first kappa shape index (κ1) is 14.9. The molecule has 0 atom stereocenters. The summed E-state index contributed by atoms with van der Waals surface area (Å²) in [5, 5.41) is 11.7. The SMILES string of the molecule is N/C(CCN(CCc1ccccc1)c1ccccc1)=N\O. The average molecular weight is 283 g/mol. The first-order valence-corrected chi connectivity index (χ1v) is 7.10. The minimum absolute atomic E-state index is 0.260. The highest BCUT2D eigenvalue weighted by Gasteiger charge is 2.07. The molecule has 0 aliphatic heterocycles. The molecule has 4 nitrogen and oxygen atoms in total. The van der Waals surface area contributed by atoms with Gasteiger partial charge in [-0.05, 0) is 24.1 Å². The molecule has 0 amide bonds. The smallest absolute Gasteiger partial charge is 0.140 e. The monoisotopic (exact) mass is 283 g/mol. The van der Waals surface area contributed by atoms with Crippen LogP contribution >= 0.6 is 0 Å². The molecule has 0 fully saturated rings. The molecule has 0 aliphatic carbocycles. The first-order valence-electron chi connectivity index (χ1n) is 7.10. The van der Waals surface area contributed by atoms with Gasteiger partial charge in [-0.15, -0.1) is 0 Å². The summed E-state index contributed by atoms with van der Waals surface area (Å²) < 4.78 is 0. The zero-order valence-corrected chi connectivity index (χ0v) is 12.0. The van der Waals surface area contributed by atoms with Gasteiger partial charge in [0.15, 0.2) is 0 Å². The molecule has 2 rings (SSSR count). The highest BCUT2D eigenvalue weighted by atomic mass is 16.4. The van der Waals surface area contributed by atoms with Crippen LogP contribution in [0.1, 0.15) is 12.0 Å². The van der Waals surface area contributed by atoms with E-state index in [0.717, 1.165) is 25.2 Å². The van der Waals surface area contributed by atoms with Crippen LogP contribution in [0.4, 0.5) is 5.69 Å². The Morgan fingerprint density at radius 1 is 0.952 bits per heavy atom. The summed E-state index contributed by atoms with van der Waals surface area (Å²) >= 11 is 0. The lowest BCUT2D eigenvalue weighted by atomic mass is 10.1. The van der Waals surface area contributed by atoms with Gasteiger partial charge >= 0.3 is 0 Å². The van der Waals surface area contributed by atoms with E-state index >= 15 is 0 Å². The molecule has 0 saturated carbocycles. The molecule has 4 heteroatoms. The van der Waals surface area contributed by atoms with Crippen molar-refractivity contribution in [1.29, 1.82) is 0 Å². The van der Waals surface area contributed by atoms with Gasteiger partial charge in [0, 0.05) is 25.2 Å². The molecule has 0 unspecified atom stereocenters. The second-order valence-electron chi connectivity index (χ2n) is 4.90. The number of para-hydroxylation sites is 1. The van der Waals surface area contributed by atoms with Crippen LogP contribution < -0.4 is 10.6 Å². The zero-order valence-electron chi connectivity index (χ0n) is 12.0. The Labute approximate surface area is 125 Å². The van der Waals surface area contributed by atoms with E-state index in [2.05, 4.69) is 46.5 Å². The number of nitrogens with two attached hydrogens (primary N) is 1. The van der Waals surface area contributed by atoms with E-state index in [1.54, 1.807) is 0 Å². The maximum atomic E-state index is 8.67. The lowest BCUT2D eigenvalue weighted by molar-refractivity contribution is 0.317. The van der Waals surface area contributed by atoms with E-state index in [1.165, 1.54) is 5.56 Å². The average Bonchev–Trinajstić information content (AvgIpc) is 2.56. The molecular formula is C17H21N3O. The van der Waals surface area contributed by atoms with Crippen molar-refractivity contribution < 1.29 is 5.21 Å². The Kier molecular flexibility index (Phi) is 5.64. The van der Waals surface area contributed by atoms with Crippen LogP contribution in [0, 0.1) is 0 Å². The molecule has 0 spiro atoms. The van der Waals surface area contributed by atoms with Crippen LogP contribution in [-0.2, 0) is 6.42 Å². The molecule has 0 saturated heterocycles. The van der Waals surface area contributed by atoms with E-state index in [4.69, 9.17) is 10.9 Å². The summed E-state index contributed by atoms with van der Waals surface area (Å²) in [7, 11) is 0. The lowest BCUT2D eigenvalue weighted by Crippen LogP contribution is -2.30. The quantitative estimate of drug-likeness (QED) is 0.355. The predicted octanol–water partition coefficient (Wildman–Crippen LogP) is 2.87. The minimum Gasteiger partial charge on any atom is -0.409 e. The van der Waals surface area contributed by atoms with Gasteiger partial charge < -0.3 is 15.8 Å². The van der Waals surface area contributed by atoms with E-state index in [0.29, 0.717) is 6.42 Å². The summed E-state index contributed by atoms with van der Waals surface area (Å²) in [6.45, 7) is 1.62. The molecule has 0 aromatic heterocycles. The minimum atomic E-state index is 0.260. The predicted molar refractivity (Wildman–Crippen MR) is 86.8 cm³/mol. The Bertz CT molecular complexity index is 555. The molecule has 0 bridgehead atoms. The van der Waals surface area contributed by atoms with Crippen molar-refractivity contribution in [1.82, 2.24) is 0 Å². The summed E-state index contributed by atoms with van der Waals surface area (Å²) in [5.41, 5.74) is 8.04. The molecule has 0 heterocycles. The van der Waals surface area contributed by atoms with Crippen LogP contribution in [0.2, 0.25) is 0 Å². The van der Waals surface area contributed by atoms with E-state index in [1.807, 2.05) is 24.3 Å². The van der Waals surface area contributed by atoms with Crippen LogP contribution in [0.5, 0.6) is 0 Å². The fourth-order valence-corrected chi connectivity index (χ4v) is 2.22. The third-order valence-corrected chi connectivity index (χ3v) is 3.40. The van der Waals surface area contributed by atoms with Crippen molar-refractivity contribution in [3.05, 3.63) is 66.2 Å². The normalized spacial score (nSPS) is 11.3. The van der Waals surface area contributed by atoms with Crippen molar-refractivity contribution >= 4 is 11.5 Å². The van der Waals surface area contributed by atoms with Crippen molar-refractivity contribution in [3.8, 4) is 0 Å². The molecule has 0 aliphatic rings. The number of benzene rings is 2. The molecule has 0 radical (unpaired) electrons. The summed E-state index contributed by atoms with van der Waals surface area (Å²) in [6, 6.07) is 20.6. The number of nitrogens with zero attached hydrogens (tertiary/aromatic N) is 2. The molecule has 3 N–H and O–H groups in total. The molecular weight excluding hydrogens is 262 g/mol. The summed E-state index contributed by atoms with van der Waals surface area (Å²) in [5.74, 6) is 0.260. The van der Waals surface area contributed by atoms with Gasteiger partial charge in [0.25, 0.3) is 0 Å². The maximum Gasteiger partial charge on any atom is 0.140 e. The first-order chi connectivity index (χ1) is 10.3. The van der Waals surface area contributed by atoms with Crippen molar-refractivity contribution in [2.45, 2.75) is 12.8 Å². The van der Waals surface area contributed by atoms with Gasteiger partial charge in [0.05, 0.1) is 0 Å². The van der Waals surface area contributed by atoms with Crippen LogP contribution in [0.25, 0.3) is 0 Å². The standard InChI is InChI=1S/C17H21N3O/c18-17(19-21)12-14-20(16-9-5-2-6-10-16)13-11-15-7-3-1-4-8-15/h1-10,21H,11-14H2,(H2,18,19). The Hall–Kier alpha value is -2.49. The van der Waals surface area contributed by atoms with Crippen LogP contribution in [0.15, 0.2) is 65.8 Å². The van der Waals surface area contributed by atoms with Crippen molar-refractivity contribution in [3.63, 3.8) is 0 Å². The lowest BCUT2D eigenvalue weighted by Gasteiger charge is -2.24. The van der Waals surface area contributed by atoms with Gasteiger partial charge in [-0.1, -0.05) is 53.7 Å². The fourth-order valence-electron chi connectivity index (χ4n) is 2.22. The number of oxime groups is 1. The largest absolute Gasteiger partial charge is 0.409 e. The Morgan fingerprint density at radius 3 is 2.19 bits per heavy atom. The van der Waals surface area contributed by atoms with Crippen molar-refractivity contribution in [2.24, 2.45) is 10.9 Å². The molecule has 2 aromatic rings. The van der Waals surface area contributed by atoms with Crippen LogP contribution in [-0.4, -0.2) is 24.1 Å². The topological polar surface area (TPSA) is 61.8 Å². The second-order valence-corrected chi connectivity index (χ2v) is 4.90. The fraction of sp³-hybridized carbons (Fsp3) is 0.235. The number of hydrogen-bond acceptors (Lipinski definition) is 3. The van der Waals surface area contributed by atoms with E-state index in [-0.39, 0.29) is 5.84 Å². The highest BCUT2D eigenvalue weighted by Crippen LogP contribution is 2.14. The summed E-state index contributed by atoms with van der Waals surface area (Å²) in [4.78, 5) is 2.26. The molecule has 21 heavy (non-hydrogen) atoms. The number of amidine groups is 1. The van der Waals surface area contributed by atoms with E-state index < -0.39 is 0 Å². The van der Waals surface area contributed by atoms with Gasteiger partial charge in [0.1, 0.15) is 5.84 Å². The van der Waals surface area contributed by atoms with Gasteiger partial charge in [-0.3, -0.25) is 0 Å². The van der Waals surface area contributed by atoms with Gasteiger partial charge in [0.2, 0.25) is 0 Å². The number of anilines is 1. The highest BCUT2D eigenvalue weighted by molar-refractivity contribution is 5.80. The molecule has 110 valence electrons. The third-order valence-electron chi connectivity index (χ3n) is 3.40. The Morgan fingerprint density at radius 2 is 1.57 bits per heavy atom. The number of rotatable bonds is 7. The van der Waals surface area contributed by atoms with Crippen molar-refractivity contribution in [2.75, 3.05) is 18.0 Å². The Balaban J connectivity index is 2.01. The maximum absolute atomic E-state index is 8.67. The van der Waals surface area contributed by atoms with Crippen LogP contribution in [0.3, 0.4) is 0 Å². The number of hydrogen-bond donors (Lipinski definition) is 2. The van der Waals surface area contributed by atoms with E-state index in [9.17, 15) is 0 Å². The third kappa shape index (κ3) is 4.84. The van der Waals surface area contributed by atoms with Gasteiger partial charge in [-0.2, -0.15) is 0 Å². The van der Waals surface area contributed by atoms with Gasteiger partial charge in [-0.25, -0.2) is 0 Å². The second kappa shape index (κ2) is 7.94.